The van der Waals surface area contributed by atoms with Crippen molar-refractivity contribution >= 4 is 11.6 Å². The molecule has 1 rings (SSSR count). The average Bonchev–Trinajstić information content (AvgIpc) is 2.04. The molecule has 1 aliphatic carbocycles. The SMILES string of the molecule is C#CC1=CCC(CC)C(Cl)=C1. The summed E-state index contributed by atoms with van der Waals surface area (Å²) in [4.78, 5) is 0. The van der Waals surface area contributed by atoms with E-state index in [2.05, 4.69) is 18.9 Å². The summed E-state index contributed by atoms with van der Waals surface area (Å²) in [6, 6.07) is 0. The number of hydrogen-bond acceptors (Lipinski definition) is 0. The summed E-state index contributed by atoms with van der Waals surface area (Å²) >= 11 is 5.98. The Hall–Kier alpha value is -0.670. The molecule has 0 radical (unpaired) electrons. The van der Waals surface area contributed by atoms with E-state index in [1.54, 1.807) is 0 Å². The molecule has 0 heterocycles. The molecule has 0 N–H and O–H groups in total. The second-order valence-corrected chi connectivity index (χ2v) is 3.11. The summed E-state index contributed by atoms with van der Waals surface area (Å²) in [5, 5.41) is 0.906. The highest BCUT2D eigenvalue weighted by Crippen LogP contribution is 2.28. The highest BCUT2D eigenvalue weighted by Gasteiger charge is 2.12. The Morgan fingerprint density at radius 3 is 3.00 bits per heavy atom. The third kappa shape index (κ3) is 1.88. The molecular formula is C10H11Cl. The van der Waals surface area contributed by atoms with Crippen LogP contribution in [-0.4, -0.2) is 0 Å². The molecule has 0 aromatic heterocycles. The number of hydrogen-bond donors (Lipinski definition) is 0. The van der Waals surface area contributed by atoms with Gasteiger partial charge >= 0.3 is 0 Å². The maximum Gasteiger partial charge on any atom is 0.0227 e. The van der Waals surface area contributed by atoms with Crippen molar-refractivity contribution in [3.8, 4) is 12.3 Å². The molecule has 0 fully saturated rings. The Kier molecular flexibility index (Phi) is 2.79. The molecule has 0 aromatic carbocycles. The van der Waals surface area contributed by atoms with Gasteiger partial charge in [-0.05, 0) is 24.8 Å². The van der Waals surface area contributed by atoms with Crippen LogP contribution in [0.2, 0.25) is 0 Å². The van der Waals surface area contributed by atoms with Gasteiger partial charge in [0.05, 0.1) is 0 Å². The van der Waals surface area contributed by atoms with E-state index in [-0.39, 0.29) is 0 Å². The number of halogens is 1. The second kappa shape index (κ2) is 3.64. The van der Waals surface area contributed by atoms with Gasteiger partial charge in [-0.1, -0.05) is 30.5 Å². The van der Waals surface area contributed by atoms with Gasteiger partial charge in [-0.2, -0.15) is 0 Å². The van der Waals surface area contributed by atoms with Gasteiger partial charge in [0.15, 0.2) is 0 Å². The zero-order valence-corrected chi connectivity index (χ0v) is 7.36. The highest BCUT2D eigenvalue weighted by molar-refractivity contribution is 6.30. The first-order chi connectivity index (χ1) is 5.27. The highest BCUT2D eigenvalue weighted by atomic mass is 35.5. The van der Waals surface area contributed by atoms with Crippen molar-refractivity contribution in [2.45, 2.75) is 19.8 Å². The van der Waals surface area contributed by atoms with E-state index in [9.17, 15) is 0 Å². The summed E-state index contributed by atoms with van der Waals surface area (Å²) in [7, 11) is 0. The van der Waals surface area contributed by atoms with Crippen LogP contribution >= 0.6 is 11.6 Å². The molecule has 1 aliphatic rings. The molecule has 0 saturated heterocycles. The monoisotopic (exact) mass is 166 g/mol. The summed E-state index contributed by atoms with van der Waals surface area (Å²) in [5.74, 6) is 3.07. The second-order valence-electron chi connectivity index (χ2n) is 2.67. The molecule has 1 unspecified atom stereocenters. The van der Waals surface area contributed by atoms with Crippen molar-refractivity contribution < 1.29 is 0 Å². The van der Waals surface area contributed by atoms with Crippen LogP contribution in [0.15, 0.2) is 22.8 Å². The standard InChI is InChI=1S/C10H11Cl/c1-3-8-5-6-9(4-2)10(11)7-8/h1,5,7,9H,4,6H2,2H3. The fourth-order valence-electron chi connectivity index (χ4n) is 1.17. The first kappa shape index (κ1) is 8.43. The predicted octanol–water partition coefficient (Wildman–Crippen LogP) is 3.10. The normalized spacial score (nSPS) is 23.5. The minimum Gasteiger partial charge on any atom is -0.115 e. The molecule has 1 heteroatoms. The topological polar surface area (TPSA) is 0 Å². The molecule has 0 nitrogen and oxygen atoms in total. The molecule has 0 saturated carbocycles. The third-order valence-electron chi connectivity index (χ3n) is 1.97. The van der Waals surface area contributed by atoms with Gasteiger partial charge < -0.3 is 0 Å². The van der Waals surface area contributed by atoms with E-state index < -0.39 is 0 Å². The van der Waals surface area contributed by atoms with E-state index >= 15 is 0 Å². The van der Waals surface area contributed by atoms with Crippen molar-refractivity contribution in [2.24, 2.45) is 5.92 Å². The van der Waals surface area contributed by atoms with Gasteiger partial charge in [0, 0.05) is 10.6 Å². The minimum atomic E-state index is 0.494. The fourth-order valence-corrected chi connectivity index (χ4v) is 1.53. The van der Waals surface area contributed by atoms with Gasteiger partial charge in [0.25, 0.3) is 0 Å². The van der Waals surface area contributed by atoms with Crippen LogP contribution in [-0.2, 0) is 0 Å². The Balaban J connectivity index is 2.75. The van der Waals surface area contributed by atoms with Crippen LogP contribution in [0, 0.1) is 18.3 Å². The summed E-state index contributed by atoms with van der Waals surface area (Å²) in [5.41, 5.74) is 0.916. The van der Waals surface area contributed by atoms with E-state index in [4.69, 9.17) is 18.0 Å². The molecule has 0 amide bonds. The first-order valence-electron chi connectivity index (χ1n) is 3.81. The smallest absolute Gasteiger partial charge is 0.0227 e. The van der Waals surface area contributed by atoms with Crippen molar-refractivity contribution in [1.29, 1.82) is 0 Å². The predicted molar refractivity (Wildman–Crippen MR) is 49.3 cm³/mol. The summed E-state index contributed by atoms with van der Waals surface area (Å²) < 4.78 is 0. The van der Waals surface area contributed by atoms with Crippen LogP contribution in [0.1, 0.15) is 19.8 Å². The van der Waals surface area contributed by atoms with Gasteiger partial charge in [0.1, 0.15) is 0 Å². The van der Waals surface area contributed by atoms with Crippen molar-refractivity contribution in [1.82, 2.24) is 0 Å². The molecule has 0 spiro atoms. The van der Waals surface area contributed by atoms with Crippen LogP contribution in [0.3, 0.4) is 0 Å². The maximum atomic E-state index is 5.98. The molecule has 11 heavy (non-hydrogen) atoms. The lowest BCUT2D eigenvalue weighted by Gasteiger charge is -2.15. The zero-order chi connectivity index (χ0) is 8.27. The summed E-state index contributed by atoms with van der Waals surface area (Å²) in [6.07, 6.45) is 11.3. The summed E-state index contributed by atoms with van der Waals surface area (Å²) in [6.45, 7) is 2.13. The number of rotatable bonds is 1. The fraction of sp³-hybridized carbons (Fsp3) is 0.400. The molecule has 0 aliphatic heterocycles. The van der Waals surface area contributed by atoms with Gasteiger partial charge in [-0.15, -0.1) is 6.42 Å². The molecule has 58 valence electrons. The molecular weight excluding hydrogens is 156 g/mol. The Morgan fingerprint density at radius 1 is 1.82 bits per heavy atom. The third-order valence-corrected chi connectivity index (χ3v) is 2.38. The number of terminal acetylenes is 1. The van der Waals surface area contributed by atoms with Gasteiger partial charge in [-0.3, -0.25) is 0 Å². The lowest BCUT2D eigenvalue weighted by molar-refractivity contribution is 0.619. The van der Waals surface area contributed by atoms with Crippen LogP contribution in [0.5, 0.6) is 0 Å². The Labute approximate surface area is 72.9 Å². The van der Waals surface area contributed by atoms with E-state index in [0.29, 0.717) is 5.92 Å². The quantitative estimate of drug-likeness (QED) is 0.526. The van der Waals surface area contributed by atoms with Crippen molar-refractivity contribution in [2.75, 3.05) is 0 Å². The Bertz CT molecular complexity index is 240. The van der Waals surface area contributed by atoms with Crippen LogP contribution < -0.4 is 0 Å². The van der Waals surface area contributed by atoms with Gasteiger partial charge in [-0.25, -0.2) is 0 Å². The lowest BCUT2D eigenvalue weighted by Crippen LogP contribution is -2.01. The minimum absolute atomic E-state index is 0.494. The largest absolute Gasteiger partial charge is 0.115 e. The number of allylic oxidation sites excluding steroid dienone is 4. The molecule has 1 atom stereocenters. The Morgan fingerprint density at radius 2 is 2.55 bits per heavy atom. The zero-order valence-electron chi connectivity index (χ0n) is 6.60. The van der Waals surface area contributed by atoms with E-state index in [1.165, 1.54) is 0 Å². The molecule has 0 aromatic rings. The van der Waals surface area contributed by atoms with Gasteiger partial charge in [0.2, 0.25) is 0 Å². The lowest BCUT2D eigenvalue weighted by atomic mass is 9.94. The van der Waals surface area contributed by atoms with Crippen LogP contribution in [0.25, 0.3) is 0 Å². The molecule has 0 bridgehead atoms. The maximum absolute atomic E-state index is 5.98. The van der Waals surface area contributed by atoms with Crippen LogP contribution in [0.4, 0.5) is 0 Å². The first-order valence-corrected chi connectivity index (χ1v) is 4.19. The average molecular weight is 167 g/mol. The van der Waals surface area contributed by atoms with E-state index in [1.807, 2.05) is 6.08 Å². The van der Waals surface area contributed by atoms with Crippen molar-refractivity contribution in [3.63, 3.8) is 0 Å². The van der Waals surface area contributed by atoms with Crippen molar-refractivity contribution in [3.05, 3.63) is 22.8 Å². The van der Waals surface area contributed by atoms with E-state index in [0.717, 1.165) is 23.4 Å².